The van der Waals surface area contributed by atoms with E-state index >= 15 is 0 Å². The molecule has 0 bridgehead atoms. The van der Waals surface area contributed by atoms with Crippen molar-refractivity contribution in [1.82, 2.24) is 19.6 Å². The second-order valence-corrected chi connectivity index (χ2v) is 5.72. The minimum Gasteiger partial charge on any atom is -0.372 e. The molecule has 1 N–H and O–H groups in total. The number of nitrogens with one attached hydrogen (secondary N) is 1. The molecular formula is C16H12BrN5. The maximum Gasteiger partial charge on any atom is 0.257 e. The van der Waals surface area contributed by atoms with E-state index in [1.54, 1.807) is 0 Å². The highest BCUT2D eigenvalue weighted by Crippen LogP contribution is 2.30. The van der Waals surface area contributed by atoms with Crippen molar-refractivity contribution in [3.63, 3.8) is 0 Å². The first kappa shape index (κ1) is 13.2. The van der Waals surface area contributed by atoms with Crippen molar-refractivity contribution in [1.29, 1.82) is 0 Å². The molecule has 0 radical (unpaired) electrons. The molecule has 0 aliphatic rings. The molecule has 0 fully saturated rings. The fraction of sp³-hybridized carbons (Fsp3) is 0.0625. The minimum atomic E-state index is 0.578. The normalized spacial score (nSPS) is 11.2. The fourth-order valence-electron chi connectivity index (χ4n) is 2.61. The predicted octanol–water partition coefficient (Wildman–Crippen LogP) is 3.75. The number of hydrogen-bond acceptors (Lipinski definition) is 4. The Morgan fingerprint density at radius 2 is 1.77 bits per heavy atom. The molecule has 0 amide bonds. The summed E-state index contributed by atoms with van der Waals surface area (Å²) in [6, 6.07) is 16.1. The summed E-state index contributed by atoms with van der Waals surface area (Å²) in [7, 11) is 1.86. The number of hydrogen-bond donors (Lipinski definition) is 1. The van der Waals surface area contributed by atoms with Crippen LogP contribution in [0, 0.1) is 0 Å². The molecule has 22 heavy (non-hydrogen) atoms. The van der Waals surface area contributed by atoms with Crippen molar-refractivity contribution >= 4 is 38.4 Å². The number of fused-ring (bicyclic) bond motifs is 3. The molecular weight excluding hydrogens is 342 g/mol. The van der Waals surface area contributed by atoms with Crippen LogP contribution < -0.4 is 5.32 Å². The Kier molecular flexibility index (Phi) is 3.04. The summed E-state index contributed by atoms with van der Waals surface area (Å²) in [4.78, 5) is 4.56. The summed E-state index contributed by atoms with van der Waals surface area (Å²) < 4.78 is 2.96. The van der Waals surface area contributed by atoms with E-state index in [0.29, 0.717) is 5.78 Å². The Balaban J connectivity index is 2.15. The van der Waals surface area contributed by atoms with E-state index in [0.717, 1.165) is 32.6 Å². The van der Waals surface area contributed by atoms with Crippen LogP contribution in [0.15, 0.2) is 53.0 Å². The number of para-hydroxylation sites is 1. The molecule has 0 spiro atoms. The Hall–Kier alpha value is -2.47. The van der Waals surface area contributed by atoms with Crippen LogP contribution in [-0.2, 0) is 0 Å². The topological polar surface area (TPSA) is 55.1 Å². The lowest BCUT2D eigenvalue weighted by molar-refractivity contribution is 1.10. The maximum absolute atomic E-state index is 4.56. The van der Waals surface area contributed by atoms with Crippen LogP contribution in [0.4, 0.5) is 5.82 Å². The van der Waals surface area contributed by atoms with Crippen LogP contribution in [0.1, 0.15) is 0 Å². The van der Waals surface area contributed by atoms with Crippen molar-refractivity contribution in [2.45, 2.75) is 0 Å². The lowest BCUT2D eigenvalue weighted by Crippen LogP contribution is -2.00. The molecule has 0 saturated carbocycles. The molecule has 2 heterocycles. The second kappa shape index (κ2) is 5.06. The molecule has 2 aromatic heterocycles. The average molecular weight is 354 g/mol. The van der Waals surface area contributed by atoms with Crippen LogP contribution in [0.5, 0.6) is 0 Å². The molecule has 4 aromatic rings. The number of halogens is 1. The van der Waals surface area contributed by atoms with Gasteiger partial charge in [0.2, 0.25) is 0 Å². The van der Waals surface area contributed by atoms with Gasteiger partial charge < -0.3 is 5.32 Å². The average Bonchev–Trinajstić information content (AvgIpc) is 2.98. The first-order valence-electron chi connectivity index (χ1n) is 6.86. The zero-order valence-electron chi connectivity index (χ0n) is 11.8. The first-order chi connectivity index (χ1) is 10.8. The van der Waals surface area contributed by atoms with Crippen molar-refractivity contribution in [2.75, 3.05) is 12.4 Å². The number of anilines is 1. The van der Waals surface area contributed by atoms with Gasteiger partial charge in [-0.1, -0.05) is 46.3 Å². The van der Waals surface area contributed by atoms with E-state index < -0.39 is 0 Å². The van der Waals surface area contributed by atoms with Gasteiger partial charge in [0.05, 0.1) is 5.52 Å². The van der Waals surface area contributed by atoms with Gasteiger partial charge in [0, 0.05) is 22.5 Å². The standard InChI is InChI=1S/C16H12BrN5/c1-18-14-11-7-3-5-9-13(11)22-15(20-21-16(22)19-14)10-6-2-4-8-12(10)17/h2-9H,1H3,(H,18,19,21). The SMILES string of the molecule is CNc1nc2nnc(-c3ccccc3Br)n2c2ccccc12. The maximum atomic E-state index is 4.56. The quantitative estimate of drug-likeness (QED) is 0.596. The molecule has 0 aliphatic carbocycles. The van der Waals surface area contributed by atoms with Gasteiger partial charge in [0.1, 0.15) is 5.82 Å². The Morgan fingerprint density at radius 3 is 2.59 bits per heavy atom. The van der Waals surface area contributed by atoms with Crippen molar-refractivity contribution in [3.8, 4) is 11.4 Å². The third kappa shape index (κ3) is 1.88. The Morgan fingerprint density at radius 1 is 1.00 bits per heavy atom. The number of benzene rings is 2. The Bertz CT molecular complexity index is 992. The molecule has 0 atom stereocenters. The zero-order chi connectivity index (χ0) is 15.1. The van der Waals surface area contributed by atoms with E-state index in [9.17, 15) is 0 Å². The lowest BCUT2D eigenvalue weighted by atomic mass is 10.2. The predicted molar refractivity (Wildman–Crippen MR) is 91.0 cm³/mol. The van der Waals surface area contributed by atoms with Crippen LogP contribution in [0.25, 0.3) is 28.1 Å². The minimum absolute atomic E-state index is 0.578. The van der Waals surface area contributed by atoms with Gasteiger partial charge in [0.25, 0.3) is 5.78 Å². The molecule has 4 rings (SSSR count). The monoisotopic (exact) mass is 353 g/mol. The molecule has 0 saturated heterocycles. The van der Waals surface area contributed by atoms with Gasteiger partial charge in [-0.3, -0.25) is 4.40 Å². The summed E-state index contributed by atoms with van der Waals surface area (Å²) in [6.07, 6.45) is 0. The van der Waals surface area contributed by atoms with E-state index in [-0.39, 0.29) is 0 Å². The highest BCUT2D eigenvalue weighted by molar-refractivity contribution is 9.10. The summed E-state index contributed by atoms with van der Waals surface area (Å²) >= 11 is 3.58. The van der Waals surface area contributed by atoms with Gasteiger partial charge in [-0.25, -0.2) is 0 Å². The van der Waals surface area contributed by atoms with Gasteiger partial charge >= 0.3 is 0 Å². The molecule has 5 nitrogen and oxygen atoms in total. The van der Waals surface area contributed by atoms with Crippen LogP contribution >= 0.6 is 15.9 Å². The summed E-state index contributed by atoms with van der Waals surface area (Å²) in [5.41, 5.74) is 2.01. The number of aromatic nitrogens is 4. The first-order valence-corrected chi connectivity index (χ1v) is 7.65. The molecule has 2 aromatic carbocycles. The number of rotatable bonds is 2. The van der Waals surface area contributed by atoms with Crippen LogP contribution in [0.2, 0.25) is 0 Å². The smallest absolute Gasteiger partial charge is 0.257 e. The molecule has 6 heteroatoms. The van der Waals surface area contributed by atoms with Crippen molar-refractivity contribution in [3.05, 3.63) is 53.0 Å². The van der Waals surface area contributed by atoms with Crippen LogP contribution in [-0.4, -0.2) is 26.6 Å². The van der Waals surface area contributed by atoms with Gasteiger partial charge in [-0.15, -0.1) is 10.2 Å². The molecule has 108 valence electrons. The van der Waals surface area contributed by atoms with Gasteiger partial charge in [-0.2, -0.15) is 4.98 Å². The van der Waals surface area contributed by atoms with Crippen molar-refractivity contribution < 1.29 is 0 Å². The largest absolute Gasteiger partial charge is 0.372 e. The summed E-state index contributed by atoms with van der Waals surface area (Å²) in [5, 5.41) is 12.7. The Labute approximate surface area is 135 Å². The van der Waals surface area contributed by atoms with E-state index in [2.05, 4.69) is 42.5 Å². The highest BCUT2D eigenvalue weighted by atomic mass is 79.9. The third-order valence-electron chi connectivity index (χ3n) is 3.61. The van der Waals surface area contributed by atoms with E-state index in [4.69, 9.17) is 0 Å². The fourth-order valence-corrected chi connectivity index (χ4v) is 3.07. The summed E-state index contributed by atoms with van der Waals surface area (Å²) in [6.45, 7) is 0. The lowest BCUT2D eigenvalue weighted by Gasteiger charge is -2.09. The van der Waals surface area contributed by atoms with Crippen LogP contribution in [0.3, 0.4) is 0 Å². The third-order valence-corrected chi connectivity index (χ3v) is 4.30. The van der Waals surface area contributed by atoms with E-state index in [1.807, 2.05) is 53.9 Å². The molecule has 0 unspecified atom stereocenters. The second-order valence-electron chi connectivity index (χ2n) is 4.87. The van der Waals surface area contributed by atoms with Gasteiger partial charge in [0.15, 0.2) is 5.82 Å². The zero-order valence-corrected chi connectivity index (χ0v) is 13.4. The number of nitrogens with zero attached hydrogens (tertiary/aromatic N) is 4. The highest BCUT2D eigenvalue weighted by Gasteiger charge is 2.15. The van der Waals surface area contributed by atoms with Gasteiger partial charge in [-0.05, 0) is 18.2 Å². The summed E-state index contributed by atoms with van der Waals surface area (Å²) in [5.74, 6) is 2.15. The molecule has 0 aliphatic heterocycles. The van der Waals surface area contributed by atoms with E-state index in [1.165, 1.54) is 0 Å². The van der Waals surface area contributed by atoms with Crippen molar-refractivity contribution in [2.24, 2.45) is 0 Å².